The average molecular weight is 239 g/mol. The van der Waals surface area contributed by atoms with Crippen LogP contribution in [0.25, 0.3) is 10.2 Å². The van der Waals surface area contributed by atoms with E-state index in [4.69, 9.17) is 5.11 Å². The Morgan fingerprint density at radius 1 is 1.47 bits per heavy atom. The van der Waals surface area contributed by atoms with Crippen LogP contribution in [-0.4, -0.2) is 22.5 Å². The van der Waals surface area contributed by atoms with Gasteiger partial charge >= 0.3 is 0 Å². The average Bonchev–Trinajstić information content (AvgIpc) is 2.62. The molecule has 80 valence electrons. The third-order valence-corrected chi connectivity index (χ3v) is 4.18. The van der Waals surface area contributed by atoms with Crippen molar-refractivity contribution in [3.63, 3.8) is 0 Å². The highest BCUT2D eigenvalue weighted by Gasteiger charge is 2.07. The molecule has 0 radical (unpaired) electrons. The molecule has 0 spiro atoms. The summed E-state index contributed by atoms with van der Waals surface area (Å²) in [5.74, 6) is 1.05. The van der Waals surface area contributed by atoms with Gasteiger partial charge in [0.2, 0.25) is 0 Å². The van der Waals surface area contributed by atoms with Gasteiger partial charge in [-0.05, 0) is 23.8 Å². The molecule has 1 N–H and O–H groups in total. The van der Waals surface area contributed by atoms with Crippen LogP contribution < -0.4 is 0 Å². The Labute approximate surface area is 97.4 Å². The second kappa shape index (κ2) is 4.96. The predicted octanol–water partition coefficient (Wildman–Crippen LogP) is 2.94. The van der Waals surface area contributed by atoms with Crippen LogP contribution in [0.1, 0.15) is 12.5 Å². The number of fused-ring (bicyclic) bond motifs is 1. The molecule has 0 amide bonds. The first kappa shape index (κ1) is 10.9. The van der Waals surface area contributed by atoms with E-state index in [2.05, 4.69) is 18.0 Å². The number of thiazole rings is 1. The highest BCUT2D eigenvalue weighted by atomic mass is 32.2. The van der Waals surface area contributed by atoms with Gasteiger partial charge in [-0.25, -0.2) is 4.98 Å². The van der Waals surface area contributed by atoms with Crippen molar-refractivity contribution in [3.05, 3.63) is 23.8 Å². The van der Waals surface area contributed by atoms with Crippen molar-refractivity contribution in [2.75, 3.05) is 12.4 Å². The van der Waals surface area contributed by atoms with Gasteiger partial charge in [-0.3, -0.25) is 0 Å². The molecule has 0 saturated carbocycles. The summed E-state index contributed by atoms with van der Waals surface area (Å²) >= 11 is 3.50. The lowest BCUT2D eigenvalue weighted by Gasteiger charge is -1.97. The van der Waals surface area contributed by atoms with E-state index in [9.17, 15) is 0 Å². The van der Waals surface area contributed by atoms with Crippen LogP contribution in [0, 0.1) is 0 Å². The minimum Gasteiger partial charge on any atom is -0.396 e. The Morgan fingerprint density at radius 3 is 3.07 bits per heavy atom. The van der Waals surface area contributed by atoms with Crippen molar-refractivity contribution in [2.24, 2.45) is 0 Å². The number of hydrogen-bond donors (Lipinski definition) is 1. The number of aliphatic hydroxyl groups excluding tert-OH is 1. The molecule has 0 aliphatic rings. The summed E-state index contributed by atoms with van der Waals surface area (Å²) in [6, 6.07) is 6.16. The zero-order valence-corrected chi connectivity index (χ0v) is 10.2. The molecule has 2 nitrogen and oxygen atoms in total. The van der Waals surface area contributed by atoms with Crippen molar-refractivity contribution in [2.45, 2.75) is 17.7 Å². The normalized spacial score (nSPS) is 11.1. The van der Waals surface area contributed by atoms with Crippen LogP contribution in [-0.2, 0) is 6.42 Å². The monoisotopic (exact) mass is 239 g/mol. The summed E-state index contributed by atoms with van der Waals surface area (Å²) in [7, 11) is 0. The first-order valence-corrected chi connectivity index (χ1v) is 6.77. The van der Waals surface area contributed by atoms with Crippen LogP contribution in [0.5, 0.6) is 0 Å². The molecule has 0 unspecified atom stereocenters. The van der Waals surface area contributed by atoms with E-state index in [1.807, 2.05) is 12.1 Å². The summed E-state index contributed by atoms with van der Waals surface area (Å²) in [6.45, 7) is 2.32. The van der Waals surface area contributed by atoms with Gasteiger partial charge in [-0.1, -0.05) is 30.8 Å². The fourth-order valence-electron chi connectivity index (χ4n) is 1.49. The van der Waals surface area contributed by atoms with E-state index < -0.39 is 0 Å². The second-order valence-electron chi connectivity index (χ2n) is 3.15. The van der Waals surface area contributed by atoms with Crippen LogP contribution in [0.3, 0.4) is 0 Å². The summed E-state index contributed by atoms with van der Waals surface area (Å²) in [6.07, 6.45) is 0.692. The summed E-state index contributed by atoms with van der Waals surface area (Å²) in [4.78, 5) is 4.59. The lowest BCUT2D eigenvalue weighted by Crippen LogP contribution is -1.91. The number of aliphatic hydroxyl groups is 1. The van der Waals surface area contributed by atoms with Crippen LogP contribution in [0.15, 0.2) is 22.5 Å². The van der Waals surface area contributed by atoms with E-state index in [1.165, 1.54) is 4.70 Å². The molecule has 0 bridgehead atoms. The highest BCUT2D eigenvalue weighted by Crippen LogP contribution is 2.31. The molecule has 15 heavy (non-hydrogen) atoms. The van der Waals surface area contributed by atoms with Crippen LogP contribution in [0.4, 0.5) is 0 Å². The lowest BCUT2D eigenvalue weighted by molar-refractivity contribution is 0.300. The zero-order valence-electron chi connectivity index (χ0n) is 8.56. The maximum atomic E-state index is 8.96. The first-order valence-electron chi connectivity index (χ1n) is 4.97. The van der Waals surface area contributed by atoms with Gasteiger partial charge in [0.25, 0.3) is 0 Å². The van der Waals surface area contributed by atoms with Gasteiger partial charge in [0.1, 0.15) is 0 Å². The fraction of sp³-hybridized carbons (Fsp3) is 0.364. The van der Waals surface area contributed by atoms with Crippen molar-refractivity contribution in [1.82, 2.24) is 4.98 Å². The Morgan fingerprint density at radius 2 is 2.33 bits per heavy atom. The van der Waals surface area contributed by atoms with Crippen LogP contribution in [0.2, 0.25) is 0 Å². The molecule has 1 heterocycles. The Balaban J connectivity index is 2.44. The molecule has 1 aromatic heterocycles. The van der Waals surface area contributed by atoms with Gasteiger partial charge in [-0.2, -0.15) is 0 Å². The third kappa shape index (κ3) is 2.33. The molecular weight excluding hydrogens is 226 g/mol. The van der Waals surface area contributed by atoms with Crippen molar-refractivity contribution >= 4 is 33.3 Å². The predicted molar refractivity (Wildman–Crippen MR) is 66.8 cm³/mol. The maximum Gasteiger partial charge on any atom is 0.151 e. The Kier molecular flexibility index (Phi) is 3.61. The van der Waals surface area contributed by atoms with E-state index in [0.29, 0.717) is 6.42 Å². The molecule has 0 fully saturated rings. The maximum absolute atomic E-state index is 8.96. The highest BCUT2D eigenvalue weighted by molar-refractivity contribution is 8.01. The van der Waals surface area contributed by atoms with E-state index in [1.54, 1.807) is 23.1 Å². The standard InChI is InChI=1S/C11H13NOS2/c1-2-14-11-12-10-8(6-7-13)4-3-5-9(10)15-11/h3-5,13H,2,6-7H2,1H3. The summed E-state index contributed by atoms with van der Waals surface area (Å²) in [5, 5.41) is 8.96. The van der Waals surface area contributed by atoms with Crippen molar-refractivity contribution in [3.8, 4) is 0 Å². The third-order valence-electron chi connectivity index (χ3n) is 2.13. The molecule has 0 aliphatic heterocycles. The fourth-order valence-corrected chi connectivity index (χ4v) is 3.50. The zero-order chi connectivity index (χ0) is 10.7. The summed E-state index contributed by atoms with van der Waals surface area (Å²) in [5.41, 5.74) is 2.21. The number of para-hydroxylation sites is 1. The molecule has 0 aliphatic carbocycles. The quantitative estimate of drug-likeness (QED) is 0.833. The molecule has 4 heteroatoms. The molecular formula is C11H13NOS2. The van der Waals surface area contributed by atoms with Gasteiger partial charge < -0.3 is 5.11 Å². The van der Waals surface area contributed by atoms with E-state index in [-0.39, 0.29) is 6.61 Å². The van der Waals surface area contributed by atoms with E-state index in [0.717, 1.165) is 21.2 Å². The Bertz CT molecular complexity index is 453. The molecule has 0 atom stereocenters. The smallest absolute Gasteiger partial charge is 0.151 e. The van der Waals surface area contributed by atoms with Crippen molar-refractivity contribution in [1.29, 1.82) is 0 Å². The minimum atomic E-state index is 0.187. The SMILES string of the molecule is CCSc1nc2c(CCO)cccc2s1. The number of hydrogen-bond acceptors (Lipinski definition) is 4. The number of thioether (sulfide) groups is 1. The molecule has 1 aromatic carbocycles. The topological polar surface area (TPSA) is 33.1 Å². The number of nitrogens with zero attached hydrogens (tertiary/aromatic N) is 1. The lowest BCUT2D eigenvalue weighted by atomic mass is 10.1. The first-order chi connectivity index (χ1) is 7.35. The second-order valence-corrected chi connectivity index (χ2v) is 5.69. The molecule has 2 rings (SSSR count). The van der Waals surface area contributed by atoms with E-state index >= 15 is 0 Å². The number of aromatic nitrogens is 1. The van der Waals surface area contributed by atoms with Crippen LogP contribution >= 0.6 is 23.1 Å². The largest absolute Gasteiger partial charge is 0.396 e. The van der Waals surface area contributed by atoms with Gasteiger partial charge in [-0.15, -0.1) is 11.3 Å². The molecule has 2 aromatic rings. The van der Waals surface area contributed by atoms with Gasteiger partial charge in [0.15, 0.2) is 4.34 Å². The van der Waals surface area contributed by atoms with Crippen molar-refractivity contribution < 1.29 is 5.11 Å². The summed E-state index contributed by atoms with van der Waals surface area (Å²) < 4.78 is 2.34. The number of benzene rings is 1. The minimum absolute atomic E-state index is 0.187. The number of rotatable bonds is 4. The van der Waals surface area contributed by atoms with Gasteiger partial charge in [0, 0.05) is 6.61 Å². The molecule has 0 saturated heterocycles. The Hall–Kier alpha value is -0.580. The van der Waals surface area contributed by atoms with Gasteiger partial charge in [0.05, 0.1) is 10.2 Å².